The maximum Gasteiger partial charge on any atom is 0.251 e. The summed E-state index contributed by atoms with van der Waals surface area (Å²) in [6.07, 6.45) is 2.82. The van der Waals surface area contributed by atoms with Gasteiger partial charge in [0, 0.05) is 37.8 Å². The van der Waals surface area contributed by atoms with Crippen LogP contribution in [0.2, 0.25) is 0 Å². The number of carbonyl (C=O) groups is 1. The van der Waals surface area contributed by atoms with Gasteiger partial charge >= 0.3 is 0 Å². The van der Waals surface area contributed by atoms with Crippen LogP contribution in [0.1, 0.15) is 36.5 Å². The van der Waals surface area contributed by atoms with Crippen LogP contribution in [0.25, 0.3) is 0 Å². The minimum absolute atomic E-state index is 0. The third-order valence-electron chi connectivity index (χ3n) is 3.84. The third-order valence-corrected chi connectivity index (χ3v) is 3.84. The average Bonchev–Trinajstić information content (AvgIpc) is 2.52. The van der Waals surface area contributed by atoms with E-state index in [1.807, 2.05) is 24.3 Å². The number of methoxy groups -OCH3 is 1. The van der Waals surface area contributed by atoms with Crippen LogP contribution in [-0.2, 0) is 4.74 Å². The summed E-state index contributed by atoms with van der Waals surface area (Å²) in [5.41, 5.74) is 0.676. The molecule has 1 aliphatic heterocycles. The van der Waals surface area contributed by atoms with Crippen LogP contribution < -0.4 is 15.4 Å². The average molecular weight is 343 g/mol. The molecule has 5 nitrogen and oxygen atoms in total. The molecule has 6 heteroatoms. The lowest BCUT2D eigenvalue weighted by molar-refractivity contribution is 0.0925. The molecular formula is C17H27ClN2O3. The summed E-state index contributed by atoms with van der Waals surface area (Å²) in [5, 5.41) is 6.49. The first-order valence-corrected chi connectivity index (χ1v) is 7.95. The summed E-state index contributed by atoms with van der Waals surface area (Å²) in [7, 11) is 1.68. The first kappa shape index (κ1) is 19.7. The van der Waals surface area contributed by atoms with Crippen molar-refractivity contribution in [2.75, 3.05) is 26.9 Å². The Bertz CT molecular complexity index is 467. The lowest BCUT2D eigenvalue weighted by Gasteiger charge is -2.28. The molecule has 0 spiro atoms. The number of halogens is 1. The second kappa shape index (κ2) is 10.5. The van der Waals surface area contributed by atoms with Crippen molar-refractivity contribution >= 4 is 18.3 Å². The summed E-state index contributed by atoms with van der Waals surface area (Å²) >= 11 is 0. The van der Waals surface area contributed by atoms with Crippen molar-refractivity contribution in [2.45, 2.75) is 38.3 Å². The molecule has 0 bridgehead atoms. The van der Waals surface area contributed by atoms with Gasteiger partial charge in [-0.25, -0.2) is 0 Å². The molecule has 1 heterocycles. The zero-order chi connectivity index (χ0) is 15.8. The van der Waals surface area contributed by atoms with Crippen molar-refractivity contribution in [2.24, 2.45) is 0 Å². The van der Waals surface area contributed by atoms with Gasteiger partial charge in [-0.3, -0.25) is 4.79 Å². The standard InChI is InChI=1S/C17H26N2O3.ClH/c1-13-12-15(8-9-18-13)19-17(20)14-4-6-16(7-5-14)22-11-3-10-21-2;/h4-7,13,15,18H,3,8-12H2,1-2H3,(H,19,20);1H. The van der Waals surface area contributed by atoms with E-state index in [1.54, 1.807) is 7.11 Å². The summed E-state index contributed by atoms with van der Waals surface area (Å²) in [6.45, 7) is 4.41. The van der Waals surface area contributed by atoms with Crippen molar-refractivity contribution in [3.05, 3.63) is 29.8 Å². The maximum absolute atomic E-state index is 12.2. The summed E-state index contributed by atoms with van der Waals surface area (Å²) in [6, 6.07) is 8.02. The Kier molecular flexibility index (Phi) is 8.99. The Hall–Kier alpha value is -1.30. The molecule has 2 N–H and O–H groups in total. The van der Waals surface area contributed by atoms with E-state index in [1.165, 1.54) is 0 Å². The molecule has 1 amide bonds. The Morgan fingerprint density at radius 2 is 2.04 bits per heavy atom. The minimum atomic E-state index is -0.00923. The molecular weight excluding hydrogens is 316 g/mol. The molecule has 1 aromatic carbocycles. The fraction of sp³-hybridized carbons (Fsp3) is 0.588. The molecule has 1 aliphatic rings. The zero-order valence-electron chi connectivity index (χ0n) is 13.8. The number of benzene rings is 1. The van der Waals surface area contributed by atoms with Crippen LogP contribution in [0, 0.1) is 0 Å². The number of piperidine rings is 1. The van der Waals surface area contributed by atoms with Crippen molar-refractivity contribution in [3.8, 4) is 5.75 Å². The predicted molar refractivity (Wildman–Crippen MR) is 93.6 cm³/mol. The van der Waals surface area contributed by atoms with E-state index in [0.717, 1.165) is 31.6 Å². The van der Waals surface area contributed by atoms with Gasteiger partial charge in [0.2, 0.25) is 0 Å². The zero-order valence-corrected chi connectivity index (χ0v) is 14.7. The largest absolute Gasteiger partial charge is 0.494 e. The van der Waals surface area contributed by atoms with Crippen LogP contribution in [0.5, 0.6) is 5.75 Å². The fourth-order valence-corrected chi connectivity index (χ4v) is 2.63. The second-order valence-corrected chi connectivity index (χ2v) is 5.77. The molecule has 0 saturated carbocycles. The van der Waals surface area contributed by atoms with E-state index in [-0.39, 0.29) is 24.4 Å². The van der Waals surface area contributed by atoms with E-state index in [0.29, 0.717) is 24.8 Å². The van der Waals surface area contributed by atoms with Gasteiger partial charge in [0.05, 0.1) is 6.61 Å². The molecule has 1 fully saturated rings. The van der Waals surface area contributed by atoms with Crippen molar-refractivity contribution in [3.63, 3.8) is 0 Å². The summed E-state index contributed by atoms with van der Waals surface area (Å²) in [4.78, 5) is 12.2. The van der Waals surface area contributed by atoms with Crippen LogP contribution in [0.15, 0.2) is 24.3 Å². The van der Waals surface area contributed by atoms with Crippen molar-refractivity contribution < 1.29 is 14.3 Å². The van der Waals surface area contributed by atoms with Crippen LogP contribution >= 0.6 is 12.4 Å². The number of hydrogen-bond acceptors (Lipinski definition) is 4. The van der Waals surface area contributed by atoms with Crippen molar-refractivity contribution in [1.29, 1.82) is 0 Å². The highest BCUT2D eigenvalue weighted by Crippen LogP contribution is 2.14. The Labute approximate surface area is 144 Å². The quantitative estimate of drug-likeness (QED) is 0.747. The molecule has 0 aromatic heterocycles. The highest BCUT2D eigenvalue weighted by atomic mass is 35.5. The maximum atomic E-state index is 12.2. The monoisotopic (exact) mass is 342 g/mol. The van der Waals surface area contributed by atoms with Crippen LogP contribution in [-0.4, -0.2) is 44.9 Å². The lowest BCUT2D eigenvalue weighted by Crippen LogP contribution is -2.46. The van der Waals surface area contributed by atoms with E-state index in [4.69, 9.17) is 9.47 Å². The van der Waals surface area contributed by atoms with Gasteiger partial charge in [-0.1, -0.05) is 0 Å². The normalized spacial score (nSPS) is 20.4. The van der Waals surface area contributed by atoms with Gasteiger partial charge in [0.15, 0.2) is 0 Å². The summed E-state index contributed by atoms with van der Waals surface area (Å²) < 4.78 is 10.6. The number of hydrogen-bond donors (Lipinski definition) is 2. The lowest BCUT2D eigenvalue weighted by atomic mass is 10.0. The molecule has 1 aromatic rings. The number of ether oxygens (including phenoxy) is 2. The van der Waals surface area contributed by atoms with Gasteiger partial charge in [0.1, 0.15) is 5.75 Å². The fourth-order valence-electron chi connectivity index (χ4n) is 2.63. The SMILES string of the molecule is COCCCOc1ccc(C(=O)NC2CCNC(C)C2)cc1.Cl. The van der Waals surface area contributed by atoms with E-state index >= 15 is 0 Å². The first-order valence-electron chi connectivity index (χ1n) is 7.95. The molecule has 0 aliphatic carbocycles. The topological polar surface area (TPSA) is 59.6 Å². The van der Waals surface area contributed by atoms with Crippen LogP contribution in [0.3, 0.4) is 0 Å². The molecule has 130 valence electrons. The Morgan fingerprint density at radius 1 is 1.30 bits per heavy atom. The first-order chi connectivity index (χ1) is 10.7. The molecule has 0 radical (unpaired) electrons. The predicted octanol–water partition coefficient (Wildman–Crippen LogP) is 2.39. The molecule has 2 atom stereocenters. The van der Waals surface area contributed by atoms with Gasteiger partial charge < -0.3 is 20.1 Å². The smallest absolute Gasteiger partial charge is 0.251 e. The van der Waals surface area contributed by atoms with E-state index < -0.39 is 0 Å². The van der Waals surface area contributed by atoms with E-state index in [2.05, 4.69) is 17.6 Å². The number of carbonyl (C=O) groups excluding carboxylic acids is 1. The summed E-state index contributed by atoms with van der Waals surface area (Å²) in [5.74, 6) is 0.771. The third kappa shape index (κ3) is 6.77. The number of amides is 1. The van der Waals surface area contributed by atoms with Crippen LogP contribution in [0.4, 0.5) is 0 Å². The highest BCUT2D eigenvalue weighted by molar-refractivity contribution is 5.94. The molecule has 1 saturated heterocycles. The van der Waals surface area contributed by atoms with Gasteiger partial charge in [0.25, 0.3) is 5.91 Å². The Morgan fingerprint density at radius 3 is 2.70 bits per heavy atom. The molecule has 23 heavy (non-hydrogen) atoms. The van der Waals surface area contributed by atoms with Crippen molar-refractivity contribution in [1.82, 2.24) is 10.6 Å². The number of rotatable bonds is 7. The van der Waals surface area contributed by atoms with Gasteiger partial charge in [-0.15, -0.1) is 12.4 Å². The number of nitrogens with one attached hydrogen (secondary N) is 2. The molecule has 2 unspecified atom stereocenters. The highest BCUT2D eigenvalue weighted by Gasteiger charge is 2.20. The Balaban J connectivity index is 0.00000264. The molecule has 2 rings (SSSR count). The minimum Gasteiger partial charge on any atom is -0.494 e. The van der Waals surface area contributed by atoms with E-state index in [9.17, 15) is 4.79 Å². The van der Waals surface area contributed by atoms with Gasteiger partial charge in [-0.05, 0) is 50.6 Å². The van der Waals surface area contributed by atoms with Gasteiger partial charge in [-0.2, -0.15) is 0 Å². The second-order valence-electron chi connectivity index (χ2n) is 5.77.